The zero-order chi connectivity index (χ0) is 20.6. The fourth-order valence-electron chi connectivity index (χ4n) is 4.13. The summed E-state index contributed by atoms with van der Waals surface area (Å²) in [5.74, 6) is 0.339. The van der Waals surface area contributed by atoms with Gasteiger partial charge in [-0.05, 0) is 54.6 Å². The molecule has 3 heteroatoms. The summed E-state index contributed by atoms with van der Waals surface area (Å²) in [6, 6.07) is 29.5. The molecule has 0 saturated carbocycles. The smallest absolute Gasteiger partial charge is 0.223 e. The Bertz CT molecular complexity index is 914. The quantitative estimate of drug-likeness (QED) is 0.612. The van der Waals surface area contributed by atoms with Crippen molar-refractivity contribution in [2.45, 2.75) is 25.8 Å². The zero-order valence-corrected chi connectivity index (χ0v) is 17.5. The van der Waals surface area contributed by atoms with E-state index < -0.39 is 0 Å². The van der Waals surface area contributed by atoms with Gasteiger partial charge in [-0.3, -0.25) is 4.79 Å². The summed E-state index contributed by atoms with van der Waals surface area (Å²) in [6.45, 7) is 3.70. The van der Waals surface area contributed by atoms with Gasteiger partial charge in [-0.15, -0.1) is 0 Å². The molecule has 0 unspecified atom stereocenters. The molecule has 30 heavy (non-hydrogen) atoms. The molecule has 0 spiro atoms. The molecule has 1 N–H and O–H groups in total. The fourth-order valence-corrected chi connectivity index (χ4v) is 4.13. The van der Waals surface area contributed by atoms with Crippen LogP contribution < -0.4 is 5.32 Å². The van der Waals surface area contributed by atoms with Gasteiger partial charge >= 0.3 is 0 Å². The Balaban J connectivity index is 1.19. The fraction of sp³-hybridized carbons (Fsp3) is 0.296. The van der Waals surface area contributed by atoms with E-state index in [1.54, 1.807) is 0 Å². The number of benzene rings is 3. The van der Waals surface area contributed by atoms with Gasteiger partial charge in [-0.2, -0.15) is 0 Å². The topological polar surface area (TPSA) is 32.3 Å². The van der Waals surface area contributed by atoms with Crippen LogP contribution in [0.2, 0.25) is 0 Å². The Morgan fingerprint density at radius 2 is 1.37 bits per heavy atom. The maximum absolute atomic E-state index is 12.6. The van der Waals surface area contributed by atoms with Crippen molar-refractivity contribution in [1.82, 2.24) is 10.2 Å². The minimum atomic E-state index is 0.140. The van der Waals surface area contributed by atoms with Crippen LogP contribution in [0.1, 0.15) is 24.0 Å². The Morgan fingerprint density at radius 1 is 0.767 bits per heavy atom. The first kappa shape index (κ1) is 20.4. The Morgan fingerprint density at radius 3 is 2.03 bits per heavy atom. The minimum Gasteiger partial charge on any atom is -0.352 e. The molecule has 1 saturated heterocycles. The maximum Gasteiger partial charge on any atom is 0.223 e. The molecule has 1 aliphatic rings. The Hall–Kier alpha value is -2.91. The average Bonchev–Trinajstić information content (AvgIpc) is 2.83. The molecule has 3 aromatic carbocycles. The van der Waals surface area contributed by atoms with Crippen LogP contribution in [0.25, 0.3) is 11.1 Å². The van der Waals surface area contributed by atoms with Gasteiger partial charge in [0.05, 0.1) is 0 Å². The SMILES string of the molecule is O=C(NCc1ccc(-c2ccccc2)cc1)C1CCN(CCc2ccccc2)CC1. The molecular formula is C27H30N2O. The van der Waals surface area contributed by atoms with Crippen molar-refractivity contribution in [3.05, 3.63) is 96.1 Å². The van der Waals surface area contributed by atoms with Gasteiger partial charge in [0.2, 0.25) is 5.91 Å². The molecular weight excluding hydrogens is 368 g/mol. The first-order chi connectivity index (χ1) is 14.8. The van der Waals surface area contributed by atoms with E-state index >= 15 is 0 Å². The first-order valence-electron chi connectivity index (χ1n) is 11.0. The third-order valence-corrected chi connectivity index (χ3v) is 6.05. The molecule has 3 aromatic rings. The number of hydrogen-bond acceptors (Lipinski definition) is 2. The molecule has 0 atom stereocenters. The zero-order valence-electron chi connectivity index (χ0n) is 17.5. The minimum absolute atomic E-state index is 0.140. The number of hydrogen-bond donors (Lipinski definition) is 1. The molecule has 4 rings (SSSR count). The second-order valence-electron chi connectivity index (χ2n) is 8.13. The van der Waals surface area contributed by atoms with Crippen molar-refractivity contribution in [1.29, 1.82) is 0 Å². The van der Waals surface area contributed by atoms with E-state index in [-0.39, 0.29) is 11.8 Å². The average molecular weight is 399 g/mol. The van der Waals surface area contributed by atoms with Crippen LogP contribution >= 0.6 is 0 Å². The van der Waals surface area contributed by atoms with Crippen LogP contribution in [0.5, 0.6) is 0 Å². The summed E-state index contributed by atoms with van der Waals surface area (Å²) < 4.78 is 0. The highest BCUT2D eigenvalue weighted by Gasteiger charge is 2.24. The summed E-state index contributed by atoms with van der Waals surface area (Å²) in [5, 5.41) is 3.14. The lowest BCUT2D eigenvalue weighted by atomic mass is 9.95. The van der Waals surface area contributed by atoms with E-state index in [0.717, 1.165) is 44.5 Å². The van der Waals surface area contributed by atoms with E-state index in [9.17, 15) is 4.79 Å². The van der Waals surface area contributed by atoms with Crippen LogP contribution in [0.4, 0.5) is 0 Å². The summed E-state index contributed by atoms with van der Waals surface area (Å²) in [7, 11) is 0. The lowest BCUT2D eigenvalue weighted by molar-refractivity contribution is -0.126. The van der Waals surface area contributed by atoms with Crippen molar-refractivity contribution >= 4 is 5.91 Å². The number of piperidine rings is 1. The van der Waals surface area contributed by atoms with Gasteiger partial charge in [0, 0.05) is 19.0 Å². The summed E-state index contributed by atoms with van der Waals surface area (Å²) in [6.07, 6.45) is 2.98. The molecule has 3 nitrogen and oxygen atoms in total. The second kappa shape index (κ2) is 10.2. The standard InChI is InChI=1S/C27H30N2O/c30-27(26-16-19-29(20-17-26)18-15-22-7-3-1-4-8-22)28-21-23-11-13-25(14-12-23)24-9-5-2-6-10-24/h1-14,26H,15-21H2,(H,28,30). The van der Waals surface area contributed by atoms with Gasteiger partial charge in [0.15, 0.2) is 0 Å². The molecule has 1 aliphatic heterocycles. The first-order valence-corrected chi connectivity index (χ1v) is 11.0. The van der Waals surface area contributed by atoms with Gasteiger partial charge in [0.25, 0.3) is 0 Å². The highest BCUT2D eigenvalue weighted by Crippen LogP contribution is 2.20. The highest BCUT2D eigenvalue weighted by atomic mass is 16.1. The molecule has 1 heterocycles. The van der Waals surface area contributed by atoms with E-state index in [4.69, 9.17) is 0 Å². The number of carbonyl (C=O) groups is 1. The summed E-state index contributed by atoms with van der Waals surface area (Å²) >= 11 is 0. The van der Waals surface area contributed by atoms with Gasteiger partial charge < -0.3 is 10.2 Å². The van der Waals surface area contributed by atoms with Crippen LogP contribution in [-0.4, -0.2) is 30.4 Å². The number of nitrogens with one attached hydrogen (secondary N) is 1. The normalized spacial score (nSPS) is 15.1. The Labute approximate surface area is 179 Å². The van der Waals surface area contributed by atoms with Crippen molar-refractivity contribution in [2.75, 3.05) is 19.6 Å². The number of rotatable bonds is 7. The molecule has 1 fully saturated rings. The largest absolute Gasteiger partial charge is 0.352 e. The molecule has 0 aromatic heterocycles. The predicted molar refractivity (Wildman–Crippen MR) is 123 cm³/mol. The van der Waals surface area contributed by atoms with Crippen molar-refractivity contribution in [3.8, 4) is 11.1 Å². The molecule has 1 amide bonds. The third kappa shape index (κ3) is 5.58. The lowest BCUT2D eigenvalue weighted by Gasteiger charge is -2.31. The Kier molecular flexibility index (Phi) is 6.94. The molecule has 154 valence electrons. The van der Waals surface area contributed by atoms with Crippen molar-refractivity contribution < 1.29 is 4.79 Å². The van der Waals surface area contributed by atoms with E-state index in [2.05, 4.69) is 89.1 Å². The molecule has 0 bridgehead atoms. The third-order valence-electron chi connectivity index (χ3n) is 6.05. The maximum atomic E-state index is 12.6. The van der Waals surface area contributed by atoms with Crippen LogP contribution in [0, 0.1) is 5.92 Å². The monoisotopic (exact) mass is 398 g/mol. The van der Waals surface area contributed by atoms with Gasteiger partial charge in [-0.1, -0.05) is 84.9 Å². The number of amides is 1. The van der Waals surface area contributed by atoms with Crippen LogP contribution in [0.3, 0.4) is 0 Å². The van der Waals surface area contributed by atoms with E-state index in [0.29, 0.717) is 6.54 Å². The second-order valence-corrected chi connectivity index (χ2v) is 8.13. The van der Waals surface area contributed by atoms with Crippen molar-refractivity contribution in [3.63, 3.8) is 0 Å². The predicted octanol–water partition coefficient (Wildman–Crippen LogP) is 4.92. The van der Waals surface area contributed by atoms with Crippen molar-refractivity contribution in [2.24, 2.45) is 5.92 Å². The van der Waals surface area contributed by atoms with Gasteiger partial charge in [-0.25, -0.2) is 0 Å². The van der Waals surface area contributed by atoms with Crippen LogP contribution in [-0.2, 0) is 17.8 Å². The number of nitrogens with zero attached hydrogens (tertiary/aromatic N) is 1. The molecule has 0 aliphatic carbocycles. The van der Waals surface area contributed by atoms with Gasteiger partial charge in [0.1, 0.15) is 0 Å². The van der Waals surface area contributed by atoms with Crippen LogP contribution in [0.15, 0.2) is 84.9 Å². The highest BCUT2D eigenvalue weighted by molar-refractivity contribution is 5.78. The molecule has 0 radical (unpaired) electrons. The summed E-state index contributed by atoms with van der Waals surface area (Å²) in [5.41, 5.74) is 4.94. The number of likely N-dealkylation sites (tertiary alicyclic amines) is 1. The number of carbonyl (C=O) groups excluding carboxylic acids is 1. The van der Waals surface area contributed by atoms with E-state index in [1.165, 1.54) is 16.7 Å². The summed E-state index contributed by atoms with van der Waals surface area (Å²) in [4.78, 5) is 15.1. The lowest BCUT2D eigenvalue weighted by Crippen LogP contribution is -2.41. The van der Waals surface area contributed by atoms with E-state index in [1.807, 2.05) is 6.07 Å².